The minimum atomic E-state index is 0.189. The number of hydrogen-bond donors (Lipinski definition) is 4. The molecule has 0 heterocycles. The molecule has 0 aliphatic heterocycles. The van der Waals surface area contributed by atoms with Gasteiger partial charge in [0.25, 0.3) is 0 Å². The molecule has 4 heteroatoms. The van der Waals surface area contributed by atoms with E-state index in [0.717, 1.165) is 32.1 Å². The standard InChI is InChI=1S/C10H26N4/c1-2-8(12)7-10(14)4-3-9(13)5-6-11/h8-10H,2-7,11-14H2,1H3. The number of nitrogens with two attached hydrogens (primary N) is 4. The first-order valence-corrected chi connectivity index (χ1v) is 5.56. The highest BCUT2D eigenvalue weighted by atomic mass is 14.7. The van der Waals surface area contributed by atoms with Gasteiger partial charge in [-0.05, 0) is 38.6 Å². The lowest BCUT2D eigenvalue weighted by Gasteiger charge is -2.17. The summed E-state index contributed by atoms with van der Waals surface area (Å²) < 4.78 is 0. The summed E-state index contributed by atoms with van der Waals surface area (Å²) in [6, 6.07) is 0.619. The molecular formula is C10H26N4. The first-order chi connectivity index (χ1) is 6.60. The molecule has 3 unspecified atom stereocenters. The molecule has 0 bridgehead atoms. The Bertz CT molecular complexity index is 129. The van der Waals surface area contributed by atoms with E-state index in [-0.39, 0.29) is 18.1 Å². The van der Waals surface area contributed by atoms with Crippen LogP contribution in [-0.2, 0) is 0 Å². The van der Waals surface area contributed by atoms with Crippen molar-refractivity contribution in [3.63, 3.8) is 0 Å². The van der Waals surface area contributed by atoms with Crippen molar-refractivity contribution in [2.45, 2.75) is 57.2 Å². The topological polar surface area (TPSA) is 104 Å². The molecule has 0 aromatic heterocycles. The zero-order chi connectivity index (χ0) is 11.0. The monoisotopic (exact) mass is 202 g/mol. The Morgan fingerprint density at radius 1 is 0.857 bits per heavy atom. The Morgan fingerprint density at radius 3 is 1.93 bits per heavy atom. The summed E-state index contributed by atoms with van der Waals surface area (Å²) in [4.78, 5) is 0. The van der Waals surface area contributed by atoms with Crippen LogP contribution in [0.4, 0.5) is 0 Å². The van der Waals surface area contributed by atoms with E-state index in [0.29, 0.717) is 6.54 Å². The van der Waals surface area contributed by atoms with Crippen molar-refractivity contribution >= 4 is 0 Å². The molecule has 0 amide bonds. The highest BCUT2D eigenvalue weighted by Crippen LogP contribution is 2.06. The van der Waals surface area contributed by atoms with E-state index in [1.54, 1.807) is 0 Å². The van der Waals surface area contributed by atoms with Crippen LogP contribution in [0.5, 0.6) is 0 Å². The largest absolute Gasteiger partial charge is 0.330 e. The highest BCUT2D eigenvalue weighted by molar-refractivity contribution is 4.72. The van der Waals surface area contributed by atoms with Gasteiger partial charge in [-0.1, -0.05) is 6.92 Å². The van der Waals surface area contributed by atoms with E-state index in [1.807, 2.05) is 0 Å². The molecule has 0 aliphatic rings. The lowest BCUT2D eigenvalue weighted by Crippen LogP contribution is -2.33. The Balaban J connectivity index is 3.47. The Morgan fingerprint density at radius 2 is 1.43 bits per heavy atom. The molecular weight excluding hydrogens is 176 g/mol. The number of rotatable bonds is 8. The summed E-state index contributed by atoms with van der Waals surface area (Å²) in [5.74, 6) is 0. The second-order valence-electron chi connectivity index (χ2n) is 4.08. The fourth-order valence-corrected chi connectivity index (χ4v) is 1.46. The van der Waals surface area contributed by atoms with E-state index in [9.17, 15) is 0 Å². The van der Waals surface area contributed by atoms with Gasteiger partial charge in [-0.25, -0.2) is 0 Å². The molecule has 0 aromatic carbocycles. The summed E-state index contributed by atoms with van der Waals surface area (Å²) in [6.07, 6.45) is 4.67. The van der Waals surface area contributed by atoms with Crippen molar-refractivity contribution in [1.82, 2.24) is 0 Å². The third kappa shape index (κ3) is 7.26. The minimum Gasteiger partial charge on any atom is -0.330 e. The average Bonchev–Trinajstić information content (AvgIpc) is 2.15. The normalized spacial score (nSPS) is 17.8. The summed E-state index contributed by atoms with van der Waals surface area (Å²) in [6.45, 7) is 2.74. The van der Waals surface area contributed by atoms with Gasteiger partial charge < -0.3 is 22.9 Å². The van der Waals surface area contributed by atoms with Gasteiger partial charge >= 0.3 is 0 Å². The van der Waals surface area contributed by atoms with E-state index in [1.165, 1.54) is 0 Å². The molecule has 14 heavy (non-hydrogen) atoms. The van der Waals surface area contributed by atoms with Crippen LogP contribution in [0.15, 0.2) is 0 Å². The van der Waals surface area contributed by atoms with Crippen molar-refractivity contribution in [2.24, 2.45) is 22.9 Å². The molecule has 86 valence electrons. The van der Waals surface area contributed by atoms with Crippen LogP contribution in [0, 0.1) is 0 Å². The van der Waals surface area contributed by atoms with E-state index in [4.69, 9.17) is 22.9 Å². The van der Waals surface area contributed by atoms with Crippen LogP contribution in [0.3, 0.4) is 0 Å². The van der Waals surface area contributed by atoms with Crippen molar-refractivity contribution < 1.29 is 0 Å². The smallest absolute Gasteiger partial charge is 0.00541 e. The Kier molecular flexibility index (Phi) is 8.08. The first kappa shape index (κ1) is 13.8. The zero-order valence-electron chi connectivity index (χ0n) is 9.28. The lowest BCUT2D eigenvalue weighted by atomic mass is 9.99. The maximum atomic E-state index is 5.93. The van der Waals surface area contributed by atoms with Gasteiger partial charge in [-0.15, -0.1) is 0 Å². The first-order valence-electron chi connectivity index (χ1n) is 5.56. The van der Waals surface area contributed by atoms with Crippen molar-refractivity contribution in [3.05, 3.63) is 0 Å². The quantitative estimate of drug-likeness (QED) is 0.441. The van der Waals surface area contributed by atoms with Gasteiger partial charge in [0.1, 0.15) is 0 Å². The Labute approximate surface area is 87.4 Å². The lowest BCUT2D eigenvalue weighted by molar-refractivity contribution is 0.447. The Hall–Kier alpha value is -0.160. The predicted molar refractivity (Wildman–Crippen MR) is 61.7 cm³/mol. The maximum absolute atomic E-state index is 5.93. The zero-order valence-corrected chi connectivity index (χ0v) is 9.28. The molecule has 0 rings (SSSR count). The SMILES string of the molecule is CCC(N)CC(N)CCC(N)CCN. The van der Waals surface area contributed by atoms with Crippen LogP contribution >= 0.6 is 0 Å². The second-order valence-corrected chi connectivity index (χ2v) is 4.08. The van der Waals surface area contributed by atoms with Gasteiger partial charge in [0.2, 0.25) is 0 Å². The van der Waals surface area contributed by atoms with Crippen LogP contribution in [0.1, 0.15) is 39.0 Å². The van der Waals surface area contributed by atoms with E-state index in [2.05, 4.69) is 6.92 Å². The van der Waals surface area contributed by atoms with Gasteiger partial charge in [-0.2, -0.15) is 0 Å². The molecule has 0 saturated carbocycles. The second kappa shape index (κ2) is 8.17. The third-order valence-corrected chi connectivity index (χ3v) is 2.58. The van der Waals surface area contributed by atoms with E-state index >= 15 is 0 Å². The van der Waals surface area contributed by atoms with Gasteiger partial charge in [0, 0.05) is 18.1 Å². The molecule has 0 radical (unpaired) electrons. The van der Waals surface area contributed by atoms with Crippen molar-refractivity contribution in [1.29, 1.82) is 0 Å². The van der Waals surface area contributed by atoms with Crippen LogP contribution < -0.4 is 22.9 Å². The van der Waals surface area contributed by atoms with Gasteiger partial charge in [-0.3, -0.25) is 0 Å². The minimum absolute atomic E-state index is 0.189. The van der Waals surface area contributed by atoms with Gasteiger partial charge in [0.05, 0.1) is 0 Å². The summed E-state index contributed by atoms with van der Waals surface area (Å²) >= 11 is 0. The van der Waals surface area contributed by atoms with Crippen LogP contribution in [0.2, 0.25) is 0 Å². The molecule has 0 aliphatic carbocycles. The molecule has 0 fully saturated rings. The van der Waals surface area contributed by atoms with Gasteiger partial charge in [0.15, 0.2) is 0 Å². The molecule has 4 nitrogen and oxygen atoms in total. The maximum Gasteiger partial charge on any atom is 0.00541 e. The molecule has 0 aromatic rings. The predicted octanol–water partition coefficient (Wildman–Crippen LogP) is -0.103. The van der Waals surface area contributed by atoms with Crippen molar-refractivity contribution in [2.75, 3.05) is 6.54 Å². The van der Waals surface area contributed by atoms with Crippen molar-refractivity contribution in [3.8, 4) is 0 Å². The fourth-order valence-electron chi connectivity index (χ4n) is 1.46. The highest BCUT2D eigenvalue weighted by Gasteiger charge is 2.09. The number of hydrogen-bond acceptors (Lipinski definition) is 4. The summed E-state index contributed by atoms with van der Waals surface area (Å²) in [5.41, 5.74) is 23.0. The van der Waals surface area contributed by atoms with E-state index < -0.39 is 0 Å². The molecule has 0 spiro atoms. The summed E-state index contributed by atoms with van der Waals surface area (Å²) in [5, 5.41) is 0. The molecule has 8 N–H and O–H groups in total. The fraction of sp³-hybridized carbons (Fsp3) is 1.00. The average molecular weight is 202 g/mol. The van der Waals surface area contributed by atoms with Crippen LogP contribution in [0.25, 0.3) is 0 Å². The summed E-state index contributed by atoms with van der Waals surface area (Å²) in [7, 11) is 0. The third-order valence-electron chi connectivity index (χ3n) is 2.58. The molecule has 3 atom stereocenters. The van der Waals surface area contributed by atoms with Crippen LogP contribution in [-0.4, -0.2) is 24.7 Å². The molecule has 0 saturated heterocycles.